The van der Waals surface area contributed by atoms with Crippen LogP contribution in [0, 0.1) is 0 Å². The lowest BCUT2D eigenvalue weighted by molar-refractivity contribution is -0.163. The number of alkyl halides is 3. The van der Waals surface area contributed by atoms with E-state index in [1.165, 1.54) is 0 Å². The van der Waals surface area contributed by atoms with E-state index >= 15 is 0 Å². The predicted octanol–water partition coefficient (Wildman–Crippen LogP) is 1.24. The van der Waals surface area contributed by atoms with Crippen molar-refractivity contribution in [1.82, 2.24) is 10.2 Å². The Kier molecular flexibility index (Phi) is 3.87. The lowest BCUT2D eigenvalue weighted by Gasteiger charge is -2.30. The molecule has 17 heavy (non-hydrogen) atoms. The van der Waals surface area contributed by atoms with Crippen LogP contribution in [0.3, 0.4) is 0 Å². The van der Waals surface area contributed by atoms with Crippen molar-refractivity contribution >= 4 is 17.7 Å². The summed E-state index contributed by atoms with van der Waals surface area (Å²) in [7, 11) is 0. The van der Waals surface area contributed by atoms with Crippen LogP contribution in [-0.2, 0) is 4.79 Å². The summed E-state index contributed by atoms with van der Waals surface area (Å²) in [5.41, 5.74) is 0. The number of carbonyl (C=O) groups excluding carboxylic acids is 1. The average molecular weight is 268 g/mol. The molecule has 0 aromatic heterocycles. The van der Waals surface area contributed by atoms with Crippen molar-refractivity contribution in [1.29, 1.82) is 0 Å². The Labute approximate surface area is 102 Å². The minimum Gasteiger partial charge on any atom is -0.329 e. The normalized spacial score (nSPS) is 25.7. The number of hydrogen-bond donors (Lipinski definition) is 1. The zero-order valence-corrected chi connectivity index (χ0v) is 10.1. The van der Waals surface area contributed by atoms with Gasteiger partial charge in [-0.05, 0) is 12.8 Å². The number of hydrogen-bond acceptors (Lipinski definition) is 3. The highest BCUT2D eigenvalue weighted by Crippen LogP contribution is 2.31. The molecule has 1 aliphatic carbocycles. The van der Waals surface area contributed by atoms with Gasteiger partial charge in [0.05, 0.1) is 6.04 Å². The summed E-state index contributed by atoms with van der Waals surface area (Å²) in [4.78, 5) is 13.0. The Bertz CT molecular complexity index is 288. The number of thioether (sulfide) groups is 1. The predicted molar refractivity (Wildman–Crippen MR) is 59.9 cm³/mol. The van der Waals surface area contributed by atoms with Crippen molar-refractivity contribution < 1.29 is 18.0 Å². The number of halogens is 3. The molecule has 1 atom stereocenters. The van der Waals surface area contributed by atoms with Gasteiger partial charge < -0.3 is 10.2 Å². The maximum Gasteiger partial charge on any atom is 0.406 e. The van der Waals surface area contributed by atoms with Gasteiger partial charge in [0.2, 0.25) is 5.91 Å². The van der Waals surface area contributed by atoms with E-state index < -0.39 is 24.7 Å². The molecule has 0 radical (unpaired) electrons. The molecule has 0 aromatic rings. The molecule has 0 bridgehead atoms. The molecule has 1 heterocycles. The van der Waals surface area contributed by atoms with Crippen molar-refractivity contribution in [3.05, 3.63) is 0 Å². The molecule has 2 aliphatic rings. The number of rotatable bonds is 3. The molecule has 1 unspecified atom stereocenters. The molecule has 7 heteroatoms. The van der Waals surface area contributed by atoms with Gasteiger partial charge in [0.15, 0.2) is 0 Å². The average Bonchev–Trinajstić information content (AvgIpc) is 3.09. The van der Waals surface area contributed by atoms with Gasteiger partial charge in [0, 0.05) is 24.1 Å². The van der Waals surface area contributed by atoms with Gasteiger partial charge in [0.25, 0.3) is 0 Å². The lowest BCUT2D eigenvalue weighted by Crippen LogP contribution is -2.53. The smallest absolute Gasteiger partial charge is 0.329 e. The summed E-state index contributed by atoms with van der Waals surface area (Å²) in [6.07, 6.45) is -2.91. The fourth-order valence-corrected chi connectivity index (χ4v) is 2.82. The van der Waals surface area contributed by atoms with Crippen LogP contribution in [0.1, 0.15) is 12.8 Å². The second-order valence-corrected chi connectivity index (χ2v) is 5.54. The Balaban J connectivity index is 1.97. The molecule has 1 saturated heterocycles. The number of nitrogens with one attached hydrogen (secondary N) is 1. The summed E-state index contributed by atoms with van der Waals surface area (Å²) in [6, 6.07) is -0.644. The number of nitrogens with zero attached hydrogens (tertiary/aromatic N) is 1. The molecule has 1 aliphatic heterocycles. The van der Waals surface area contributed by atoms with Crippen molar-refractivity contribution in [2.24, 2.45) is 0 Å². The topological polar surface area (TPSA) is 32.3 Å². The molecule has 1 N–H and O–H groups in total. The summed E-state index contributed by atoms with van der Waals surface area (Å²) >= 11 is 1.61. The van der Waals surface area contributed by atoms with E-state index in [1.54, 1.807) is 11.8 Å². The SMILES string of the molecule is O=C(C1CSCCN1)N(CC(F)(F)F)C1CC1. The van der Waals surface area contributed by atoms with Gasteiger partial charge in [-0.3, -0.25) is 4.79 Å². The van der Waals surface area contributed by atoms with Gasteiger partial charge in [-0.25, -0.2) is 0 Å². The number of amides is 1. The summed E-state index contributed by atoms with van der Waals surface area (Å²) < 4.78 is 37.2. The molecule has 1 amide bonds. The van der Waals surface area contributed by atoms with Gasteiger partial charge in [-0.1, -0.05) is 0 Å². The highest BCUT2D eigenvalue weighted by Gasteiger charge is 2.42. The maximum absolute atomic E-state index is 12.4. The van der Waals surface area contributed by atoms with Gasteiger partial charge in [0.1, 0.15) is 6.54 Å². The van der Waals surface area contributed by atoms with Crippen LogP contribution >= 0.6 is 11.8 Å². The quantitative estimate of drug-likeness (QED) is 0.836. The van der Waals surface area contributed by atoms with Crippen molar-refractivity contribution in [2.75, 3.05) is 24.6 Å². The van der Waals surface area contributed by atoms with Crippen LogP contribution in [0.15, 0.2) is 0 Å². The fraction of sp³-hybridized carbons (Fsp3) is 0.900. The third-order valence-corrected chi connectivity index (χ3v) is 3.90. The molecular weight excluding hydrogens is 253 g/mol. The van der Waals surface area contributed by atoms with Gasteiger partial charge >= 0.3 is 6.18 Å². The lowest BCUT2D eigenvalue weighted by atomic mass is 10.2. The third-order valence-electron chi connectivity index (χ3n) is 2.84. The summed E-state index contributed by atoms with van der Waals surface area (Å²) in [5.74, 6) is 1.09. The Morgan fingerprint density at radius 2 is 2.12 bits per heavy atom. The molecule has 2 fully saturated rings. The Morgan fingerprint density at radius 1 is 1.41 bits per heavy atom. The van der Waals surface area contributed by atoms with E-state index in [0.29, 0.717) is 25.1 Å². The number of carbonyl (C=O) groups is 1. The van der Waals surface area contributed by atoms with Crippen LogP contribution < -0.4 is 5.32 Å². The van der Waals surface area contributed by atoms with Crippen molar-refractivity contribution in [3.63, 3.8) is 0 Å². The zero-order valence-electron chi connectivity index (χ0n) is 9.29. The molecule has 3 nitrogen and oxygen atoms in total. The Morgan fingerprint density at radius 3 is 2.59 bits per heavy atom. The molecule has 0 aromatic carbocycles. The van der Waals surface area contributed by atoms with Gasteiger partial charge in [-0.15, -0.1) is 0 Å². The summed E-state index contributed by atoms with van der Waals surface area (Å²) in [5, 5.41) is 2.99. The summed E-state index contributed by atoms with van der Waals surface area (Å²) in [6.45, 7) is -0.426. The molecule has 0 spiro atoms. The van der Waals surface area contributed by atoms with E-state index in [9.17, 15) is 18.0 Å². The first-order valence-electron chi connectivity index (χ1n) is 5.66. The molecule has 2 rings (SSSR count). The molecule has 98 valence electrons. The minimum atomic E-state index is -4.31. The van der Waals surface area contributed by atoms with Crippen molar-refractivity contribution in [3.8, 4) is 0 Å². The maximum atomic E-state index is 12.4. The highest BCUT2D eigenvalue weighted by molar-refractivity contribution is 7.99. The monoisotopic (exact) mass is 268 g/mol. The van der Waals surface area contributed by atoms with E-state index in [2.05, 4.69) is 5.32 Å². The first-order valence-corrected chi connectivity index (χ1v) is 6.81. The van der Waals surface area contributed by atoms with E-state index in [0.717, 1.165) is 10.7 Å². The molecule has 1 saturated carbocycles. The second kappa shape index (κ2) is 5.06. The van der Waals surface area contributed by atoms with Crippen LogP contribution in [0.25, 0.3) is 0 Å². The second-order valence-electron chi connectivity index (χ2n) is 4.39. The van der Waals surface area contributed by atoms with E-state index in [4.69, 9.17) is 0 Å². The van der Waals surface area contributed by atoms with Crippen LogP contribution in [0.5, 0.6) is 0 Å². The van der Waals surface area contributed by atoms with E-state index in [1.807, 2.05) is 0 Å². The van der Waals surface area contributed by atoms with Crippen LogP contribution in [0.4, 0.5) is 13.2 Å². The van der Waals surface area contributed by atoms with E-state index in [-0.39, 0.29) is 6.04 Å². The van der Waals surface area contributed by atoms with Gasteiger partial charge in [-0.2, -0.15) is 24.9 Å². The highest BCUT2D eigenvalue weighted by atomic mass is 32.2. The van der Waals surface area contributed by atoms with Crippen LogP contribution in [0.2, 0.25) is 0 Å². The molecular formula is C10H15F3N2OS. The minimum absolute atomic E-state index is 0.196. The fourth-order valence-electron chi connectivity index (χ4n) is 1.89. The first-order chi connectivity index (χ1) is 7.97. The standard InChI is InChI=1S/C10H15F3N2OS/c11-10(12,13)6-15(7-1-2-7)9(16)8-5-17-4-3-14-8/h7-8,14H,1-6H2. The zero-order chi connectivity index (χ0) is 12.5. The third kappa shape index (κ3) is 3.77. The first kappa shape index (κ1) is 13.0. The van der Waals surface area contributed by atoms with Crippen molar-refractivity contribution in [2.45, 2.75) is 31.1 Å². The largest absolute Gasteiger partial charge is 0.406 e. The Hall–Kier alpha value is -0.430. The van der Waals surface area contributed by atoms with Crippen LogP contribution in [-0.4, -0.2) is 53.7 Å².